The molecule has 0 aliphatic heterocycles. The minimum Gasteiger partial charge on any atom is -0.497 e. The second-order valence-corrected chi connectivity index (χ2v) is 11.4. The molecule has 1 atom stereocenters. The molecule has 0 spiro atoms. The Morgan fingerprint density at radius 2 is 1.72 bits per heavy atom. The van der Waals surface area contributed by atoms with Gasteiger partial charge in [0, 0.05) is 26.1 Å². The Morgan fingerprint density at radius 3 is 2.28 bits per heavy atom. The molecule has 0 radical (unpaired) electrons. The van der Waals surface area contributed by atoms with Crippen LogP contribution in [0.5, 0.6) is 5.75 Å². The molecule has 0 aliphatic carbocycles. The standard InChI is InChI=1S/C27H39N3O5S/c1-20(2)18-28-27(32)22(4)29(19-23-12-14-25(35-5)15-13-23)26(31)11-8-16-30(36(6,33)34)24-10-7-9-21(3)17-24/h7,9-10,12-15,17,20,22H,8,11,16,18-19H2,1-6H3,(H,28,32)/t22-/m0/s1. The molecule has 36 heavy (non-hydrogen) atoms. The number of methoxy groups -OCH3 is 1. The summed E-state index contributed by atoms with van der Waals surface area (Å²) in [5.74, 6) is 0.561. The summed E-state index contributed by atoms with van der Waals surface area (Å²) in [6.07, 6.45) is 1.59. The van der Waals surface area contributed by atoms with E-state index >= 15 is 0 Å². The van der Waals surface area contributed by atoms with Crippen LogP contribution in [0.25, 0.3) is 0 Å². The van der Waals surface area contributed by atoms with E-state index in [0.717, 1.165) is 17.4 Å². The molecule has 2 aromatic carbocycles. The van der Waals surface area contributed by atoms with Crippen LogP contribution in [0.1, 0.15) is 44.7 Å². The van der Waals surface area contributed by atoms with Crippen molar-refractivity contribution in [3.63, 3.8) is 0 Å². The zero-order chi connectivity index (χ0) is 26.9. The third-order valence-corrected chi connectivity index (χ3v) is 7.00. The van der Waals surface area contributed by atoms with Gasteiger partial charge in [-0.1, -0.05) is 38.1 Å². The summed E-state index contributed by atoms with van der Waals surface area (Å²) in [7, 11) is -1.94. The Balaban J connectivity index is 2.16. The lowest BCUT2D eigenvalue weighted by Crippen LogP contribution is -2.48. The molecule has 2 aromatic rings. The predicted molar refractivity (Wildman–Crippen MR) is 143 cm³/mol. The second kappa shape index (κ2) is 13.3. The summed E-state index contributed by atoms with van der Waals surface area (Å²) >= 11 is 0. The molecule has 0 bridgehead atoms. The normalized spacial score (nSPS) is 12.2. The molecule has 0 aromatic heterocycles. The van der Waals surface area contributed by atoms with Crippen LogP contribution in [0, 0.1) is 12.8 Å². The number of nitrogens with zero attached hydrogens (tertiary/aromatic N) is 2. The van der Waals surface area contributed by atoms with Gasteiger partial charge in [0.15, 0.2) is 0 Å². The molecule has 0 heterocycles. The van der Waals surface area contributed by atoms with E-state index in [1.165, 1.54) is 4.31 Å². The number of sulfonamides is 1. The Kier molecular flexibility index (Phi) is 10.8. The van der Waals surface area contributed by atoms with Crippen LogP contribution < -0.4 is 14.4 Å². The highest BCUT2D eigenvalue weighted by Crippen LogP contribution is 2.21. The van der Waals surface area contributed by atoms with Crippen molar-refractivity contribution < 1.29 is 22.7 Å². The van der Waals surface area contributed by atoms with Crippen molar-refractivity contribution in [3.8, 4) is 5.75 Å². The summed E-state index contributed by atoms with van der Waals surface area (Å²) in [6.45, 7) is 8.57. The first-order chi connectivity index (χ1) is 16.9. The van der Waals surface area contributed by atoms with Crippen LogP contribution in [0.15, 0.2) is 48.5 Å². The van der Waals surface area contributed by atoms with Gasteiger partial charge in [0.2, 0.25) is 21.8 Å². The molecule has 1 N–H and O–H groups in total. The maximum atomic E-state index is 13.3. The van der Waals surface area contributed by atoms with Gasteiger partial charge in [0.1, 0.15) is 11.8 Å². The van der Waals surface area contributed by atoms with Crippen LogP contribution in [-0.4, -0.2) is 57.6 Å². The molecule has 0 saturated heterocycles. The fourth-order valence-electron chi connectivity index (χ4n) is 3.75. The van der Waals surface area contributed by atoms with Crippen molar-refractivity contribution >= 4 is 27.5 Å². The Bertz CT molecular complexity index is 1120. The Labute approximate surface area is 215 Å². The molecular formula is C27H39N3O5S. The predicted octanol–water partition coefficient (Wildman–Crippen LogP) is 3.74. The molecule has 8 nitrogen and oxygen atoms in total. The number of anilines is 1. The first-order valence-electron chi connectivity index (χ1n) is 12.2. The summed E-state index contributed by atoms with van der Waals surface area (Å²) in [5, 5.41) is 2.90. The van der Waals surface area contributed by atoms with Gasteiger partial charge in [-0.25, -0.2) is 8.42 Å². The van der Waals surface area contributed by atoms with E-state index in [0.29, 0.717) is 24.4 Å². The van der Waals surface area contributed by atoms with Gasteiger partial charge < -0.3 is 15.0 Å². The van der Waals surface area contributed by atoms with E-state index in [4.69, 9.17) is 4.74 Å². The van der Waals surface area contributed by atoms with Crippen molar-refractivity contribution in [3.05, 3.63) is 59.7 Å². The Hall–Kier alpha value is -3.07. The van der Waals surface area contributed by atoms with Crippen LogP contribution in [0.4, 0.5) is 5.69 Å². The number of hydrogen-bond donors (Lipinski definition) is 1. The Morgan fingerprint density at radius 1 is 1.06 bits per heavy atom. The number of aryl methyl sites for hydroxylation is 1. The van der Waals surface area contributed by atoms with Gasteiger partial charge in [0.05, 0.1) is 19.1 Å². The van der Waals surface area contributed by atoms with Gasteiger partial charge in [-0.2, -0.15) is 0 Å². The summed E-state index contributed by atoms with van der Waals surface area (Å²) in [4.78, 5) is 27.7. The van der Waals surface area contributed by atoms with Crippen molar-refractivity contribution in [2.24, 2.45) is 5.92 Å². The fourth-order valence-corrected chi connectivity index (χ4v) is 4.71. The number of nitrogens with one attached hydrogen (secondary N) is 1. The average molecular weight is 518 g/mol. The lowest BCUT2D eigenvalue weighted by molar-refractivity contribution is -0.140. The number of carbonyl (C=O) groups is 2. The zero-order valence-corrected chi connectivity index (χ0v) is 23.0. The fraction of sp³-hybridized carbons (Fsp3) is 0.481. The average Bonchev–Trinajstić information content (AvgIpc) is 2.82. The smallest absolute Gasteiger partial charge is 0.242 e. The third-order valence-electron chi connectivity index (χ3n) is 5.81. The summed E-state index contributed by atoms with van der Waals surface area (Å²) in [5.41, 5.74) is 2.38. The third kappa shape index (κ3) is 8.86. The SMILES string of the molecule is COc1ccc(CN(C(=O)CCCN(c2cccc(C)c2)S(C)(=O)=O)[C@@H](C)C(=O)NCC(C)C)cc1. The minimum absolute atomic E-state index is 0.107. The molecule has 2 rings (SSSR count). The minimum atomic E-state index is -3.52. The molecule has 2 amide bonds. The first kappa shape index (κ1) is 29.2. The highest BCUT2D eigenvalue weighted by atomic mass is 32.2. The zero-order valence-electron chi connectivity index (χ0n) is 22.2. The second-order valence-electron chi connectivity index (χ2n) is 9.46. The molecule has 9 heteroatoms. The number of amides is 2. The maximum Gasteiger partial charge on any atom is 0.242 e. The van der Waals surface area contributed by atoms with Gasteiger partial charge in [-0.05, 0) is 61.6 Å². The highest BCUT2D eigenvalue weighted by Gasteiger charge is 2.26. The van der Waals surface area contributed by atoms with E-state index in [1.807, 2.05) is 57.2 Å². The van der Waals surface area contributed by atoms with Crippen LogP contribution in [0.3, 0.4) is 0 Å². The number of hydrogen-bond acceptors (Lipinski definition) is 5. The van der Waals surface area contributed by atoms with E-state index in [2.05, 4.69) is 5.32 Å². The van der Waals surface area contributed by atoms with Crippen molar-refractivity contribution in [2.75, 3.05) is 30.8 Å². The van der Waals surface area contributed by atoms with Crippen LogP contribution in [-0.2, 0) is 26.2 Å². The van der Waals surface area contributed by atoms with Crippen LogP contribution >= 0.6 is 0 Å². The van der Waals surface area contributed by atoms with Crippen molar-refractivity contribution in [1.29, 1.82) is 0 Å². The van der Waals surface area contributed by atoms with E-state index in [1.54, 1.807) is 31.1 Å². The largest absolute Gasteiger partial charge is 0.497 e. The van der Waals surface area contributed by atoms with Crippen molar-refractivity contribution in [1.82, 2.24) is 10.2 Å². The maximum absolute atomic E-state index is 13.3. The molecule has 0 unspecified atom stereocenters. The molecule has 0 aliphatic rings. The van der Waals surface area contributed by atoms with Gasteiger partial charge in [-0.3, -0.25) is 13.9 Å². The number of benzene rings is 2. The topological polar surface area (TPSA) is 96.0 Å². The van der Waals surface area contributed by atoms with Gasteiger partial charge >= 0.3 is 0 Å². The molecule has 0 fully saturated rings. The van der Waals surface area contributed by atoms with Gasteiger partial charge in [0.25, 0.3) is 0 Å². The lowest BCUT2D eigenvalue weighted by Gasteiger charge is -2.29. The first-order valence-corrected chi connectivity index (χ1v) is 14.0. The summed E-state index contributed by atoms with van der Waals surface area (Å²) in [6, 6.07) is 13.9. The molecule has 0 saturated carbocycles. The molecular weight excluding hydrogens is 478 g/mol. The van der Waals surface area contributed by atoms with Crippen molar-refractivity contribution in [2.45, 2.75) is 53.1 Å². The summed E-state index contributed by atoms with van der Waals surface area (Å²) < 4.78 is 31.4. The number of ether oxygens (including phenoxy) is 1. The molecule has 198 valence electrons. The lowest BCUT2D eigenvalue weighted by atomic mass is 10.1. The van der Waals surface area contributed by atoms with Gasteiger partial charge in [-0.15, -0.1) is 0 Å². The van der Waals surface area contributed by atoms with E-state index in [-0.39, 0.29) is 37.2 Å². The van der Waals surface area contributed by atoms with Crippen LogP contribution in [0.2, 0.25) is 0 Å². The highest BCUT2D eigenvalue weighted by molar-refractivity contribution is 7.92. The number of carbonyl (C=O) groups excluding carboxylic acids is 2. The van der Waals surface area contributed by atoms with E-state index < -0.39 is 16.1 Å². The quantitative estimate of drug-likeness (QED) is 0.437. The van der Waals surface area contributed by atoms with E-state index in [9.17, 15) is 18.0 Å². The number of rotatable bonds is 13. The monoisotopic (exact) mass is 517 g/mol.